The van der Waals surface area contributed by atoms with E-state index < -0.39 is 0 Å². The predicted molar refractivity (Wildman–Crippen MR) is 71.2 cm³/mol. The van der Waals surface area contributed by atoms with Crippen LogP contribution >= 0.6 is 0 Å². The second kappa shape index (κ2) is 4.82. The number of amides is 1. The average molecular weight is 243 g/mol. The molecule has 1 saturated heterocycles. The third-order valence-electron chi connectivity index (χ3n) is 3.48. The number of hydrogen-bond acceptors (Lipinski definition) is 2. The van der Waals surface area contributed by atoms with Gasteiger partial charge < -0.3 is 15.6 Å². The summed E-state index contributed by atoms with van der Waals surface area (Å²) in [4.78, 5) is 14.3. The zero-order chi connectivity index (χ0) is 12.4. The van der Waals surface area contributed by atoms with Crippen LogP contribution in [0.15, 0.2) is 30.5 Å². The van der Waals surface area contributed by atoms with Crippen LogP contribution in [-0.2, 0) is 11.3 Å². The summed E-state index contributed by atoms with van der Waals surface area (Å²) >= 11 is 0. The van der Waals surface area contributed by atoms with Crippen LogP contribution in [0, 0.1) is 0 Å². The minimum atomic E-state index is 0.175. The topological polar surface area (TPSA) is 56.9 Å². The molecule has 1 atom stereocenters. The third kappa shape index (κ3) is 2.24. The molecule has 0 saturated carbocycles. The fraction of sp³-hybridized carbons (Fsp3) is 0.357. The van der Waals surface area contributed by atoms with Crippen LogP contribution in [-0.4, -0.2) is 23.5 Å². The Bertz CT molecular complexity index is 561. The van der Waals surface area contributed by atoms with Gasteiger partial charge in [-0.2, -0.15) is 0 Å². The number of carbonyl (C=O) groups excluding carboxylic acids is 1. The molecular formula is C14H17N3O. The van der Waals surface area contributed by atoms with E-state index in [9.17, 15) is 4.79 Å². The molecule has 18 heavy (non-hydrogen) atoms. The van der Waals surface area contributed by atoms with Crippen molar-refractivity contribution in [2.45, 2.75) is 25.4 Å². The van der Waals surface area contributed by atoms with Crippen molar-refractivity contribution >= 4 is 16.8 Å². The number of hydrogen-bond donors (Lipinski definition) is 3. The van der Waals surface area contributed by atoms with E-state index in [1.54, 1.807) is 0 Å². The zero-order valence-corrected chi connectivity index (χ0v) is 10.2. The Morgan fingerprint density at radius 3 is 3.11 bits per heavy atom. The molecule has 4 nitrogen and oxygen atoms in total. The standard InChI is InChI=1S/C14H17N3O/c18-14-5-4-11(17-14)9-15-8-10-2-1-3-13-12(10)6-7-16-13/h1-3,6-7,11,15-16H,4-5,8-9H2,(H,17,18). The molecule has 1 amide bonds. The smallest absolute Gasteiger partial charge is 0.220 e. The molecule has 0 spiro atoms. The molecule has 0 aliphatic carbocycles. The molecule has 3 rings (SSSR count). The van der Waals surface area contributed by atoms with Gasteiger partial charge in [-0.15, -0.1) is 0 Å². The molecule has 2 heterocycles. The molecule has 1 aromatic heterocycles. The largest absolute Gasteiger partial charge is 0.361 e. The number of nitrogens with one attached hydrogen (secondary N) is 3. The molecule has 1 fully saturated rings. The van der Waals surface area contributed by atoms with E-state index in [2.05, 4.69) is 39.9 Å². The van der Waals surface area contributed by atoms with Gasteiger partial charge in [0.25, 0.3) is 0 Å². The Balaban J connectivity index is 1.60. The van der Waals surface area contributed by atoms with Crippen LogP contribution in [0.25, 0.3) is 10.9 Å². The molecule has 94 valence electrons. The third-order valence-corrected chi connectivity index (χ3v) is 3.48. The summed E-state index contributed by atoms with van der Waals surface area (Å²) in [7, 11) is 0. The zero-order valence-electron chi connectivity index (χ0n) is 10.2. The molecule has 0 radical (unpaired) electrons. The summed E-state index contributed by atoms with van der Waals surface area (Å²) in [6.07, 6.45) is 3.57. The molecule has 0 bridgehead atoms. The van der Waals surface area contributed by atoms with Crippen molar-refractivity contribution in [1.29, 1.82) is 0 Å². The van der Waals surface area contributed by atoms with E-state index in [0.29, 0.717) is 12.5 Å². The number of rotatable bonds is 4. The van der Waals surface area contributed by atoms with Crippen LogP contribution in [0.2, 0.25) is 0 Å². The van der Waals surface area contributed by atoms with Gasteiger partial charge in [-0.25, -0.2) is 0 Å². The number of H-pyrrole nitrogens is 1. The lowest BCUT2D eigenvalue weighted by Crippen LogP contribution is -2.35. The van der Waals surface area contributed by atoms with Crippen molar-refractivity contribution in [1.82, 2.24) is 15.6 Å². The van der Waals surface area contributed by atoms with E-state index in [0.717, 1.165) is 19.5 Å². The van der Waals surface area contributed by atoms with Crippen LogP contribution in [0.4, 0.5) is 0 Å². The second-order valence-electron chi connectivity index (χ2n) is 4.79. The quantitative estimate of drug-likeness (QED) is 0.763. The number of aromatic nitrogens is 1. The van der Waals surface area contributed by atoms with Gasteiger partial charge in [0.05, 0.1) is 0 Å². The van der Waals surface area contributed by atoms with E-state index in [1.807, 2.05) is 6.20 Å². The summed E-state index contributed by atoms with van der Waals surface area (Å²) in [6.45, 7) is 1.67. The van der Waals surface area contributed by atoms with Crippen molar-refractivity contribution < 1.29 is 4.79 Å². The highest BCUT2D eigenvalue weighted by atomic mass is 16.1. The Hall–Kier alpha value is -1.81. The van der Waals surface area contributed by atoms with Crippen molar-refractivity contribution in [2.24, 2.45) is 0 Å². The second-order valence-corrected chi connectivity index (χ2v) is 4.79. The highest BCUT2D eigenvalue weighted by Gasteiger charge is 2.19. The average Bonchev–Trinajstić information content (AvgIpc) is 2.98. The molecule has 1 aliphatic heterocycles. The van der Waals surface area contributed by atoms with Crippen LogP contribution in [0.5, 0.6) is 0 Å². The van der Waals surface area contributed by atoms with Crippen molar-refractivity contribution in [3.8, 4) is 0 Å². The minimum Gasteiger partial charge on any atom is -0.361 e. The molecule has 3 N–H and O–H groups in total. The Labute approximate surface area is 106 Å². The maximum Gasteiger partial charge on any atom is 0.220 e. The normalized spacial score (nSPS) is 19.3. The van der Waals surface area contributed by atoms with Crippen LogP contribution in [0.3, 0.4) is 0 Å². The fourth-order valence-corrected chi connectivity index (χ4v) is 2.52. The lowest BCUT2D eigenvalue weighted by Gasteiger charge is -2.11. The van der Waals surface area contributed by atoms with Crippen LogP contribution < -0.4 is 10.6 Å². The maximum absolute atomic E-state index is 11.1. The van der Waals surface area contributed by atoms with Gasteiger partial charge in [0.2, 0.25) is 5.91 Å². The van der Waals surface area contributed by atoms with Gasteiger partial charge in [0.15, 0.2) is 0 Å². The number of carbonyl (C=O) groups is 1. The lowest BCUT2D eigenvalue weighted by atomic mass is 10.1. The van der Waals surface area contributed by atoms with Crippen molar-refractivity contribution in [3.05, 3.63) is 36.0 Å². The highest BCUT2D eigenvalue weighted by Crippen LogP contribution is 2.17. The highest BCUT2D eigenvalue weighted by molar-refractivity contribution is 5.82. The van der Waals surface area contributed by atoms with Crippen molar-refractivity contribution in [2.75, 3.05) is 6.54 Å². The SMILES string of the molecule is O=C1CCC(CNCc2cccc3[nH]ccc23)N1. The summed E-state index contributed by atoms with van der Waals surface area (Å²) < 4.78 is 0. The first kappa shape index (κ1) is 11.3. The Kier molecular flexibility index (Phi) is 3.02. The van der Waals surface area contributed by atoms with Crippen LogP contribution in [0.1, 0.15) is 18.4 Å². The fourth-order valence-electron chi connectivity index (χ4n) is 2.52. The summed E-state index contributed by atoms with van der Waals surface area (Å²) in [6, 6.07) is 8.67. The number of fused-ring (bicyclic) bond motifs is 1. The maximum atomic E-state index is 11.1. The Morgan fingerprint density at radius 2 is 2.28 bits per heavy atom. The van der Waals surface area contributed by atoms with Gasteiger partial charge >= 0.3 is 0 Å². The van der Waals surface area contributed by atoms with Gasteiger partial charge in [-0.05, 0) is 24.1 Å². The molecule has 1 aliphatic rings. The van der Waals surface area contributed by atoms with Gasteiger partial charge in [-0.3, -0.25) is 4.79 Å². The minimum absolute atomic E-state index is 0.175. The number of benzene rings is 1. The molecular weight excluding hydrogens is 226 g/mol. The van der Waals surface area contributed by atoms with E-state index in [-0.39, 0.29) is 5.91 Å². The molecule has 1 aromatic carbocycles. The van der Waals surface area contributed by atoms with Gasteiger partial charge in [-0.1, -0.05) is 12.1 Å². The monoisotopic (exact) mass is 243 g/mol. The Morgan fingerprint density at radius 1 is 1.33 bits per heavy atom. The lowest BCUT2D eigenvalue weighted by molar-refractivity contribution is -0.119. The first-order valence-corrected chi connectivity index (χ1v) is 6.38. The summed E-state index contributed by atoms with van der Waals surface area (Å²) in [5.74, 6) is 0.175. The molecule has 4 heteroatoms. The first-order valence-electron chi connectivity index (χ1n) is 6.38. The summed E-state index contributed by atoms with van der Waals surface area (Å²) in [5, 5.41) is 7.65. The number of aromatic amines is 1. The molecule has 1 unspecified atom stereocenters. The van der Waals surface area contributed by atoms with Crippen molar-refractivity contribution in [3.63, 3.8) is 0 Å². The summed E-state index contributed by atoms with van der Waals surface area (Å²) in [5.41, 5.74) is 2.46. The van der Waals surface area contributed by atoms with E-state index in [1.165, 1.54) is 16.5 Å². The van der Waals surface area contributed by atoms with Gasteiger partial charge in [0, 0.05) is 42.7 Å². The van der Waals surface area contributed by atoms with E-state index >= 15 is 0 Å². The van der Waals surface area contributed by atoms with Gasteiger partial charge in [0.1, 0.15) is 0 Å². The van der Waals surface area contributed by atoms with E-state index in [4.69, 9.17) is 0 Å². The first-order chi connectivity index (χ1) is 8.83. The molecule has 2 aromatic rings. The predicted octanol–water partition coefficient (Wildman–Crippen LogP) is 1.54.